The molecular formula is C26H43N5O4. The second-order valence-corrected chi connectivity index (χ2v) is 12.0. The number of aliphatic hydroxyl groups is 1. The van der Waals surface area contributed by atoms with Crippen LogP contribution in [0, 0.1) is 16.7 Å². The third kappa shape index (κ3) is 4.50. The summed E-state index contributed by atoms with van der Waals surface area (Å²) in [7, 11) is 1.73. The van der Waals surface area contributed by atoms with Gasteiger partial charge in [0.25, 0.3) is 0 Å². The molecule has 1 aliphatic heterocycles. The van der Waals surface area contributed by atoms with E-state index in [1.807, 2.05) is 27.0 Å². The summed E-state index contributed by atoms with van der Waals surface area (Å²) in [4.78, 5) is 29.1. The van der Waals surface area contributed by atoms with Gasteiger partial charge in [0, 0.05) is 49.6 Å². The number of carbonyl (C=O) groups is 2. The maximum Gasteiger partial charge on any atom is 0.248 e. The third-order valence-electron chi connectivity index (χ3n) is 8.76. The molecule has 35 heavy (non-hydrogen) atoms. The van der Waals surface area contributed by atoms with Crippen LogP contribution in [0.3, 0.4) is 0 Å². The number of carbonyl (C=O) groups excluding carboxylic acids is 2. The summed E-state index contributed by atoms with van der Waals surface area (Å²) >= 11 is 0. The predicted octanol–water partition coefficient (Wildman–Crippen LogP) is 2.66. The SMILES string of the molecule is CCC1(CC)C(NC(=O)C2CC(O)CN2C(=O)[C@H](n2cc(C3CC3)nn2)C(C)(C)C)C(C)C1OC. The molecule has 9 heteroatoms. The molecule has 3 fully saturated rings. The molecule has 1 aromatic rings. The highest BCUT2D eigenvalue weighted by atomic mass is 16.5. The van der Waals surface area contributed by atoms with Gasteiger partial charge in [-0.1, -0.05) is 46.8 Å². The molecule has 2 N–H and O–H groups in total. The van der Waals surface area contributed by atoms with Crippen molar-refractivity contribution in [3.8, 4) is 0 Å². The number of hydrogen-bond donors (Lipinski definition) is 2. The van der Waals surface area contributed by atoms with E-state index in [2.05, 4.69) is 36.4 Å². The van der Waals surface area contributed by atoms with Crippen LogP contribution in [0.5, 0.6) is 0 Å². The molecule has 0 bridgehead atoms. The minimum absolute atomic E-state index is 0.0283. The number of likely N-dealkylation sites (tertiary alicyclic amines) is 1. The topological polar surface area (TPSA) is 110 Å². The van der Waals surface area contributed by atoms with Gasteiger partial charge in [-0.15, -0.1) is 5.10 Å². The lowest BCUT2D eigenvalue weighted by atomic mass is 9.53. The van der Waals surface area contributed by atoms with Crippen molar-refractivity contribution in [2.45, 2.75) is 110 Å². The van der Waals surface area contributed by atoms with Gasteiger partial charge in [0.1, 0.15) is 12.1 Å². The summed E-state index contributed by atoms with van der Waals surface area (Å²) in [5.74, 6) is 0.217. The number of aliphatic hydroxyl groups excluding tert-OH is 1. The molecule has 3 aliphatic rings. The fourth-order valence-electron chi connectivity index (χ4n) is 6.67. The zero-order chi connectivity index (χ0) is 25.7. The molecule has 0 radical (unpaired) electrons. The summed E-state index contributed by atoms with van der Waals surface area (Å²) < 4.78 is 7.44. The molecule has 0 spiro atoms. The van der Waals surface area contributed by atoms with Gasteiger partial charge >= 0.3 is 0 Å². The number of rotatable bonds is 8. The van der Waals surface area contributed by atoms with Crippen molar-refractivity contribution in [1.29, 1.82) is 0 Å². The van der Waals surface area contributed by atoms with Crippen molar-refractivity contribution < 1.29 is 19.4 Å². The van der Waals surface area contributed by atoms with Gasteiger partial charge in [-0.25, -0.2) is 4.68 Å². The minimum Gasteiger partial charge on any atom is -0.391 e. The molecular weight excluding hydrogens is 446 g/mol. The lowest BCUT2D eigenvalue weighted by Gasteiger charge is -2.59. The Bertz CT molecular complexity index is 932. The maximum atomic E-state index is 13.9. The lowest BCUT2D eigenvalue weighted by molar-refractivity contribution is -0.174. The van der Waals surface area contributed by atoms with Crippen LogP contribution in [-0.4, -0.2) is 74.8 Å². The Morgan fingerprint density at radius 1 is 1.29 bits per heavy atom. The summed E-state index contributed by atoms with van der Waals surface area (Å²) in [5.41, 5.74) is 0.350. The van der Waals surface area contributed by atoms with Crippen molar-refractivity contribution >= 4 is 11.8 Å². The summed E-state index contributed by atoms with van der Waals surface area (Å²) in [6, 6.07) is -1.36. The number of hydrogen-bond acceptors (Lipinski definition) is 6. The van der Waals surface area contributed by atoms with Crippen molar-refractivity contribution in [3.63, 3.8) is 0 Å². The van der Waals surface area contributed by atoms with E-state index in [9.17, 15) is 14.7 Å². The molecule has 9 nitrogen and oxygen atoms in total. The van der Waals surface area contributed by atoms with E-state index < -0.39 is 23.6 Å². The molecule has 6 atom stereocenters. The van der Waals surface area contributed by atoms with Crippen LogP contribution in [-0.2, 0) is 14.3 Å². The molecule has 2 saturated carbocycles. The molecule has 2 aliphatic carbocycles. The van der Waals surface area contributed by atoms with Crippen molar-refractivity contribution in [2.24, 2.45) is 16.7 Å². The normalized spacial score (nSPS) is 31.2. The summed E-state index contributed by atoms with van der Waals surface area (Å²) in [5, 5.41) is 22.4. The monoisotopic (exact) mass is 489 g/mol. The van der Waals surface area contributed by atoms with Crippen LogP contribution >= 0.6 is 0 Å². The molecule has 1 saturated heterocycles. The van der Waals surface area contributed by atoms with Crippen LogP contribution in [0.2, 0.25) is 0 Å². The third-order valence-corrected chi connectivity index (χ3v) is 8.76. The second kappa shape index (κ2) is 9.47. The second-order valence-electron chi connectivity index (χ2n) is 12.0. The molecule has 4 rings (SSSR count). The molecule has 2 heterocycles. The van der Waals surface area contributed by atoms with E-state index in [1.165, 1.54) is 0 Å². The van der Waals surface area contributed by atoms with E-state index in [0.29, 0.717) is 5.92 Å². The van der Waals surface area contributed by atoms with E-state index in [-0.39, 0.29) is 48.3 Å². The molecule has 1 aromatic heterocycles. The quantitative estimate of drug-likeness (QED) is 0.581. The van der Waals surface area contributed by atoms with E-state index in [1.54, 1.807) is 16.7 Å². The first-order valence-electron chi connectivity index (χ1n) is 13.2. The van der Waals surface area contributed by atoms with Crippen LogP contribution in [0.4, 0.5) is 0 Å². The molecule has 2 amide bonds. The van der Waals surface area contributed by atoms with Gasteiger partial charge in [0.05, 0.1) is 17.9 Å². The Morgan fingerprint density at radius 2 is 1.94 bits per heavy atom. The Kier molecular flexibility index (Phi) is 7.05. The Hall–Kier alpha value is -2.00. The van der Waals surface area contributed by atoms with Crippen LogP contribution in [0.1, 0.15) is 91.3 Å². The highest BCUT2D eigenvalue weighted by molar-refractivity contribution is 5.90. The number of amides is 2. The number of nitrogens with zero attached hydrogens (tertiary/aromatic N) is 4. The number of methoxy groups -OCH3 is 1. The molecule has 0 aromatic carbocycles. The first-order chi connectivity index (χ1) is 16.5. The van der Waals surface area contributed by atoms with E-state index in [0.717, 1.165) is 31.4 Å². The average Bonchev–Trinajstić information content (AvgIpc) is 3.41. The van der Waals surface area contributed by atoms with Crippen LogP contribution in [0.25, 0.3) is 0 Å². The fourth-order valence-corrected chi connectivity index (χ4v) is 6.67. The number of ether oxygens (including phenoxy) is 1. The van der Waals surface area contributed by atoms with Crippen molar-refractivity contribution in [1.82, 2.24) is 25.2 Å². The number of aromatic nitrogens is 3. The van der Waals surface area contributed by atoms with Gasteiger partial charge in [-0.3, -0.25) is 9.59 Å². The largest absolute Gasteiger partial charge is 0.391 e. The summed E-state index contributed by atoms with van der Waals surface area (Å²) in [6.07, 6.45) is 5.48. The highest BCUT2D eigenvalue weighted by Gasteiger charge is 2.59. The van der Waals surface area contributed by atoms with E-state index in [4.69, 9.17) is 4.74 Å². The highest BCUT2D eigenvalue weighted by Crippen LogP contribution is 2.52. The Morgan fingerprint density at radius 3 is 2.49 bits per heavy atom. The first kappa shape index (κ1) is 26.1. The average molecular weight is 490 g/mol. The predicted molar refractivity (Wildman–Crippen MR) is 132 cm³/mol. The van der Waals surface area contributed by atoms with Gasteiger partial charge in [-0.2, -0.15) is 0 Å². The van der Waals surface area contributed by atoms with Gasteiger partial charge in [-0.05, 0) is 31.1 Å². The van der Waals surface area contributed by atoms with Crippen LogP contribution < -0.4 is 5.32 Å². The van der Waals surface area contributed by atoms with E-state index >= 15 is 0 Å². The van der Waals surface area contributed by atoms with Crippen LogP contribution in [0.15, 0.2) is 6.20 Å². The van der Waals surface area contributed by atoms with Gasteiger partial charge in [0.2, 0.25) is 11.8 Å². The number of β-amino-alcohol motifs (C(OH)–C–C–N with tert-alkyl or cyclic N) is 1. The zero-order valence-corrected chi connectivity index (χ0v) is 22.3. The maximum absolute atomic E-state index is 13.9. The smallest absolute Gasteiger partial charge is 0.248 e. The standard InChI is InChI=1S/C26H43N5O4/c1-8-26(9-2)20(15(3)22(26)35-7)27-23(33)19-12-17(32)13-30(19)24(34)21(25(4,5)6)31-14-18(28-29-31)16-10-11-16/h14-17,19-22,32H,8-13H2,1-7H3,(H,27,33)/t15?,17?,19?,20?,21-,22?/m0/s1. The Labute approximate surface area is 209 Å². The Balaban J connectivity index is 1.55. The molecule has 196 valence electrons. The van der Waals surface area contributed by atoms with Crippen molar-refractivity contribution in [3.05, 3.63) is 11.9 Å². The van der Waals surface area contributed by atoms with Gasteiger partial charge < -0.3 is 20.1 Å². The molecule has 5 unspecified atom stereocenters. The fraction of sp³-hybridized carbons (Fsp3) is 0.846. The zero-order valence-electron chi connectivity index (χ0n) is 22.3. The lowest BCUT2D eigenvalue weighted by Crippen LogP contribution is -2.71. The first-order valence-corrected chi connectivity index (χ1v) is 13.2. The summed E-state index contributed by atoms with van der Waals surface area (Å²) in [6.45, 7) is 12.5. The minimum atomic E-state index is -0.735. The van der Waals surface area contributed by atoms with Gasteiger partial charge in [0.15, 0.2) is 0 Å². The number of nitrogens with one attached hydrogen (secondary N) is 1. The van der Waals surface area contributed by atoms with Crippen molar-refractivity contribution in [2.75, 3.05) is 13.7 Å².